The largest absolute Gasteiger partial charge is 0.490 e. The summed E-state index contributed by atoms with van der Waals surface area (Å²) in [6.07, 6.45) is -5.60. The van der Waals surface area contributed by atoms with Gasteiger partial charge in [-0.25, -0.2) is 8.42 Å². The van der Waals surface area contributed by atoms with Crippen LogP contribution in [0.1, 0.15) is 74.7 Å². The van der Waals surface area contributed by atoms with Crippen molar-refractivity contribution >= 4 is 27.5 Å². The summed E-state index contributed by atoms with van der Waals surface area (Å²) in [7, 11) is -2.57. The second-order valence-corrected chi connectivity index (χ2v) is 14.1. The minimum Gasteiger partial charge on any atom is -0.490 e. The molecule has 0 saturated carbocycles. The number of aromatic nitrogens is 1. The standard InChI is InChI=1S/C31H45F3N4O8S/c1-19-16-38(20(2)18-39)30(41)25-15-24(35-28(40)12-13-31(32,33)34)10-11-26(25)45-21(3)9-7-8-14-44-27(19)17-37(6)47(42,43)29-22(4)36-46-23(29)5/h10-11,15,19-21,27,39H,7-9,12-14,16-18H2,1-6H3,(H,35,40)/t19-,20+,21+,27-/m0/s1. The van der Waals surface area contributed by atoms with Gasteiger partial charge in [-0.2, -0.15) is 17.5 Å². The number of hydrogen-bond acceptors (Lipinski definition) is 9. The van der Waals surface area contributed by atoms with Crippen LogP contribution in [0, 0.1) is 19.8 Å². The zero-order chi connectivity index (χ0) is 35.1. The zero-order valence-electron chi connectivity index (χ0n) is 27.6. The van der Waals surface area contributed by atoms with Crippen molar-refractivity contribution in [3.8, 4) is 5.75 Å². The SMILES string of the molecule is Cc1noc(C)c1S(=O)(=O)N(C)C[C@@H]1OCCCC[C@@H](C)Oc2ccc(NC(=O)CCC(F)(F)F)cc2C(=O)N([C@H](C)CO)C[C@@H]1C. The predicted octanol–water partition coefficient (Wildman–Crippen LogP) is 4.69. The van der Waals surface area contributed by atoms with Crippen molar-refractivity contribution < 1.29 is 50.3 Å². The van der Waals surface area contributed by atoms with Gasteiger partial charge in [-0.05, 0) is 65.2 Å². The van der Waals surface area contributed by atoms with E-state index in [-0.39, 0.29) is 52.5 Å². The van der Waals surface area contributed by atoms with Gasteiger partial charge in [0.25, 0.3) is 5.91 Å². The molecule has 0 unspecified atom stereocenters. The summed E-state index contributed by atoms with van der Waals surface area (Å²) < 4.78 is 83.6. The number of benzene rings is 1. The quantitative estimate of drug-likeness (QED) is 0.382. The first-order valence-corrected chi connectivity index (χ1v) is 17.0. The Morgan fingerprint density at radius 2 is 1.94 bits per heavy atom. The number of fused-ring (bicyclic) bond motifs is 1. The van der Waals surface area contributed by atoms with Crippen LogP contribution in [0.3, 0.4) is 0 Å². The van der Waals surface area contributed by atoms with Crippen LogP contribution in [0.15, 0.2) is 27.6 Å². The summed E-state index contributed by atoms with van der Waals surface area (Å²) >= 11 is 0. The summed E-state index contributed by atoms with van der Waals surface area (Å²) in [4.78, 5) is 27.8. The average Bonchev–Trinajstić information content (AvgIpc) is 3.35. The molecule has 0 spiro atoms. The molecule has 0 radical (unpaired) electrons. The van der Waals surface area contributed by atoms with Gasteiger partial charge >= 0.3 is 6.18 Å². The van der Waals surface area contributed by atoms with Gasteiger partial charge in [0.05, 0.1) is 36.8 Å². The third-order valence-corrected chi connectivity index (χ3v) is 10.1. The van der Waals surface area contributed by atoms with E-state index in [1.807, 2.05) is 13.8 Å². The Morgan fingerprint density at radius 3 is 2.55 bits per heavy atom. The van der Waals surface area contributed by atoms with Crippen LogP contribution in [-0.2, 0) is 19.6 Å². The number of carbonyl (C=O) groups excluding carboxylic acids is 2. The van der Waals surface area contributed by atoms with E-state index in [1.165, 1.54) is 41.4 Å². The fourth-order valence-electron chi connectivity index (χ4n) is 5.29. The molecule has 0 fully saturated rings. The Balaban J connectivity index is 1.95. The Labute approximate surface area is 273 Å². The smallest absolute Gasteiger partial charge is 0.389 e. The number of anilines is 1. The van der Waals surface area contributed by atoms with E-state index in [2.05, 4.69) is 10.5 Å². The van der Waals surface area contributed by atoms with Gasteiger partial charge < -0.3 is 29.3 Å². The van der Waals surface area contributed by atoms with Crippen LogP contribution in [0.2, 0.25) is 0 Å². The number of halogens is 3. The number of aliphatic hydroxyl groups excluding tert-OH is 1. The van der Waals surface area contributed by atoms with E-state index in [0.717, 1.165) is 0 Å². The zero-order valence-corrected chi connectivity index (χ0v) is 28.4. The number of carbonyl (C=O) groups is 2. The van der Waals surface area contributed by atoms with Crippen molar-refractivity contribution in [2.45, 2.75) is 96.0 Å². The molecule has 2 N–H and O–H groups in total. The molecule has 1 aromatic heterocycles. The highest BCUT2D eigenvalue weighted by Crippen LogP contribution is 2.30. The molecule has 1 aliphatic heterocycles. The number of nitrogens with zero attached hydrogens (tertiary/aromatic N) is 3. The Kier molecular flexibility index (Phi) is 13.2. The number of likely N-dealkylation sites (N-methyl/N-ethyl adjacent to an activating group) is 1. The summed E-state index contributed by atoms with van der Waals surface area (Å²) in [5.41, 5.74) is 0.387. The number of aliphatic hydroxyl groups is 1. The van der Waals surface area contributed by atoms with E-state index >= 15 is 0 Å². The molecule has 2 amide bonds. The topological polar surface area (TPSA) is 152 Å². The lowest BCUT2D eigenvalue weighted by atomic mass is 10.0. The number of rotatable bonds is 9. The van der Waals surface area contributed by atoms with Crippen LogP contribution in [0.25, 0.3) is 0 Å². The normalized spacial score (nSPS) is 21.1. The molecular weight excluding hydrogens is 645 g/mol. The average molecular weight is 691 g/mol. The molecule has 2 heterocycles. The van der Waals surface area contributed by atoms with Crippen molar-refractivity contribution in [1.82, 2.24) is 14.4 Å². The first-order valence-electron chi connectivity index (χ1n) is 15.5. The second kappa shape index (κ2) is 16.3. The minimum atomic E-state index is -4.50. The van der Waals surface area contributed by atoms with Crippen LogP contribution in [-0.4, -0.2) is 97.5 Å². The van der Waals surface area contributed by atoms with E-state index in [0.29, 0.717) is 25.9 Å². The lowest BCUT2D eigenvalue weighted by molar-refractivity contribution is -0.142. The number of ether oxygens (including phenoxy) is 2. The van der Waals surface area contributed by atoms with E-state index < -0.39 is 65.5 Å². The van der Waals surface area contributed by atoms with Gasteiger partial charge in [-0.1, -0.05) is 12.1 Å². The van der Waals surface area contributed by atoms with Crippen LogP contribution in [0.5, 0.6) is 5.75 Å². The van der Waals surface area contributed by atoms with Crippen molar-refractivity contribution in [2.24, 2.45) is 5.92 Å². The Morgan fingerprint density at radius 1 is 1.23 bits per heavy atom. The van der Waals surface area contributed by atoms with Crippen molar-refractivity contribution in [3.05, 3.63) is 35.2 Å². The summed E-state index contributed by atoms with van der Waals surface area (Å²) in [5.74, 6) is -1.48. The van der Waals surface area contributed by atoms with Crippen molar-refractivity contribution in [1.29, 1.82) is 0 Å². The molecule has 3 rings (SSSR count). The van der Waals surface area contributed by atoms with Crippen LogP contribution in [0.4, 0.5) is 18.9 Å². The lowest BCUT2D eigenvalue weighted by Gasteiger charge is -2.35. The van der Waals surface area contributed by atoms with Crippen molar-refractivity contribution in [2.75, 3.05) is 38.7 Å². The lowest BCUT2D eigenvalue weighted by Crippen LogP contribution is -2.48. The van der Waals surface area contributed by atoms with Crippen LogP contribution >= 0.6 is 0 Å². The molecule has 1 aliphatic rings. The summed E-state index contributed by atoms with van der Waals surface area (Å²) in [6, 6.07) is 3.59. The Hall–Kier alpha value is -3.21. The summed E-state index contributed by atoms with van der Waals surface area (Å²) in [5, 5.41) is 16.3. The number of hydrogen-bond donors (Lipinski definition) is 2. The molecule has 0 saturated heterocycles. The monoisotopic (exact) mass is 690 g/mol. The van der Waals surface area contributed by atoms with Crippen molar-refractivity contribution in [3.63, 3.8) is 0 Å². The number of sulfonamides is 1. The highest BCUT2D eigenvalue weighted by Gasteiger charge is 2.34. The molecule has 12 nitrogen and oxygen atoms in total. The maximum absolute atomic E-state index is 14.2. The van der Waals surface area contributed by atoms with E-state index in [4.69, 9.17) is 14.0 Å². The molecule has 2 aromatic rings. The fraction of sp³-hybridized carbons (Fsp3) is 0.645. The first kappa shape index (κ1) is 38.2. The number of nitrogens with one attached hydrogen (secondary N) is 1. The highest BCUT2D eigenvalue weighted by molar-refractivity contribution is 7.89. The second-order valence-electron chi connectivity index (χ2n) is 12.1. The van der Waals surface area contributed by atoms with Gasteiger partial charge in [0.15, 0.2) is 5.76 Å². The summed E-state index contributed by atoms with van der Waals surface area (Å²) in [6.45, 7) is 8.28. The number of amides is 2. The molecular formula is C31H45F3N4O8S. The third-order valence-electron chi connectivity index (χ3n) is 8.04. The van der Waals surface area contributed by atoms with Crippen LogP contribution < -0.4 is 10.1 Å². The van der Waals surface area contributed by atoms with E-state index in [9.17, 15) is 36.3 Å². The molecule has 47 heavy (non-hydrogen) atoms. The van der Waals surface area contributed by atoms with Gasteiger partial charge in [0.2, 0.25) is 15.9 Å². The molecule has 1 aromatic carbocycles. The molecule has 4 atom stereocenters. The van der Waals surface area contributed by atoms with Gasteiger partial charge in [0.1, 0.15) is 16.3 Å². The first-order chi connectivity index (χ1) is 21.9. The fourth-order valence-corrected chi connectivity index (χ4v) is 6.76. The molecule has 0 aliphatic carbocycles. The maximum Gasteiger partial charge on any atom is 0.389 e. The van der Waals surface area contributed by atoms with Gasteiger partial charge in [0, 0.05) is 44.8 Å². The molecule has 264 valence electrons. The van der Waals surface area contributed by atoms with E-state index in [1.54, 1.807) is 13.8 Å². The highest BCUT2D eigenvalue weighted by atomic mass is 32.2. The Bertz CT molecular complexity index is 1460. The van der Waals surface area contributed by atoms with Gasteiger partial charge in [-0.3, -0.25) is 9.59 Å². The third kappa shape index (κ3) is 10.4. The molecule has 16 heteroatoms. The minimum absolute atomic E-state index is 0.0221. The number of alkyl halides is 3. The number of aryl methyl sites for hydroxylation is 2. The maximum atomic E-state index is 14.2. The molecule has 0 bridgehead atoms. The van der Waals surface area contributed by atoms with Gasteiger partial charge in [-0.15, -0.1) is 0 Å². The predicted molar refractivity (Wildman–Crippen MR) is 167 cm³/mol.